The number of carbonyl (C=O) groups is 3. The van der Waals surface area contributed by atoms with Gasteiger partial charge in [-0.3, -0.25) is 9.59 Å². The summed E-state index contributed by atoms with van der Waals surface area (Å²) < 4.78 is 0. The Kier molecular flexibility index (Phi) is 14.4. The van der Waals surface area contributed by atoms with Gasteiger partial charge in [0.2, 0.25) is 11.8 Å². The van der Waals surface area contributed by atoms with Crippen molar-refractivity contribution in [3.05, 3.63) is 0 Å². The summed E-state index contributed by atoms with van der Waals surface area (Å²) in [7, 11) is 0. The molecule has 0 aromatic rings. The monoisotopic (exact) mass is 489 g/mol. The number of nitrogens with two attached hydrogens (primary N) is 1. The van der Waals surface area contributed by atoms with Gasteiger partial charge in [0.05, 0.1) is 6.04 Å². The van der Waals surface area contributed by atoms with E-state index in [0.29, 0.717) is 30.9 Å². The minimum absolute atomic E-state index is 0.0955. The van der Waals surface area contributed by atoms with Crippen molar-refractivity contribution in [3.63, 3.8) is 0 Å². The van der Waals surface area contributed by atoms with Crippen molar-refractivity contribution in [2.75, 3.05) is 17.8 Å². The Labute approximate surface area is 203 Å². The SMILES string of the molecule is CSCC[C@H](NC(=O)[C@@H](CC[C@@H](NC(=O)[C@@H](N)CS)C(C)C)CC1CCCCC1)C(=O)O. The molecule has 0 aliphatic heterocycles. The zero-order chi connectivity index (χ0) is 24.1. The van der Waals surface area contributed by atoms with Crippen LogP contribution in [-0.4, -0.2) is 58.8 Å². The van der Waals surface area contributed by atoms with E-state index in [4.69, 9.17) is 5.73 Å². The van der Waals surface area contributed by atoms with Gasteiger partial charge in [-0.2, -0.15) is 24.4 Å². The summed E-state index contributed by atoms with van der Waals surface area (Å²) in [6.45, 7) is 4.08. The van der Waals surface area contributed by atoms with E-state index >= 15 is 0 Å². The van der Waals surface area contributed by atoms with Crippen LogP contribution >= 0.6 is 24.4 Å². The molecule has 0 spiro atoms. The topological polar surface area (TPSA) is 122 Å². The molecule has 1 aliphatic carbocycles. The van der Waals surface area contributed by atoms with Crippen molar-refractivity contribution in [2.45, 2.75) is 89.8 Å². The van der Waals surface area contributed by atoms with Crippen LogP contribution in [0.1, 0.15) is 71.6 Å². The number of carbonyl (C=O) groups excluding carboxylic acids is 2. The van der Waals surface area contributed by atoms with E-state index in [1.54, 1.807) is 11.8 Å². The zero-order valence-corrected chi connectivity index (χ0v) is 21.6. The third kappa shape index (κ3) is 10.8. The first kappa shape index (κ1) is 29.1. The van der Waals surface area contributed by atoms with Crippen LogP contribution in [0.15, 0.2) is 0 Å². The smallest absolute Gasteiger partial charge is 0.326 e. The number of rotatable bonds is 15. The maximum atomic E-state index is 13.2. The van der Waals surface area contributed by atoms with Crippen molar-refractivity contribution in [3.8, 4) is 0 Å². The van der Waals surface area contributed by atoms with Crippen molar-refractivity contribution in [2.24, 2.45) is 23.5 Å². The molecular weight excluding hydrogens is 446 g/mol. The fraction of sp³-hybridized carbons (Fsp3) is 0.870. The lowest BCUT2D eigenvalue weighted by atomic mass is 9.80. The second kappa shape index (κ2) is 15.8. The molecule has 32 heavy (non-hydrogen) atoms. The Morgan fingerprint density at radius 1 is 1.06 bits per heavy atom. The number of thioether (sulfide) groups is 1. The minimum Gasteiger partial charge on any atom is -0.480 e. The molecule has 1 fully saturated rings. The van der Waals surface area contributed by atoms with Gasteiger partial charge in [-0.05, 0) is 49.5 Å². The molecule has 1 saturated carbocycles. The van der Waals surface area contributed by atoms with Crippen molar-refractivity contribution in [1.82, 2.24) is 10.6 Å². The summed E-state index contributed by atoms with van der Waals surface area (Å²) >= 11 is 5.67. The number of hydrogen-bond donors (Lipinski definition) is 5. The van der Waals surface area contributed by atoms with E-state index in [1.165, 1.54) is 19.3 Å². The van der Waals surface area contributed by atoms with Crippen molar-refractivity contribution >= 4 is 42.2 Å². The molecule has 1 aliphatic rings. The number of nitrogens with one attached hydrogen (secondary N) is 2. The maximum absolute atomic E-state index is 13.2. The highest BCUT2D eigenvalue weighted by molar-refractivity contribution is 7.98. The molecule has 7 nitrogen and oxygen atoms in total. The highest BCUT2D eigenvalue weighted by Gasteiger charge is 2.29. The number of amides is 2. The molecule has 0 saturated heterocycles. The van der Waals surface area contributed by atoms with E-state index in [1.807, 2.05) is 20.1 Å². The van der Waals surface area contributed by atoms with Crippen LogP contribution in [0.2, 0.25) is 0 Å². The van der Waals surface area contributed by atoms with Gasteiger partial charge in [0.25, 0.3) is 0 Å². The van der Waals surface area contributed by atoms with Gasteiger partial charge in [0.1, 0.15) is 6.04 Å². The van der Waals surface area contributed by atoms with Gasteiger partial charge in [-0.25, -0.2) is 4.79 Å². The van der Waals surface area contributed by atoms with E-state index in [9.17, 15) is 19.5 Å². The molecule has 0 heterocycles. The van der Waals surface area contributed by atoms with Crippen molar-refractivity contribution < 1.29 is 19.5 Å². The maximum Gasteiger partial charge on any atom is 0.326 e. The summed E-state index contributed by atoms with van der Waals surface area (Å²) in [5.41, 5.74) is 5.81. The van der Waals surface area contributed by atoms with E-state index in [2.05, 4.69) is 23.3 Å². The molecule has 4 atom stereocenters. The average molecular weight is 490 g/mol. The largest absolute Gasteiger partial charge is 0.480 e. The van der Waals surface area contributed by atoms with E-state index < -0.39 is 18.1 Å². The standard InChI is InChI=1S/C23H43N3O4S2/c1-15(2)19(25-22(28)18(24)14-31)10-9-17(13-16-7-5-4-6-8-16)21(27)26-20(23(29)30)11-12-32-3/h15-20,31H,4-14,24H2,1-3H3,(H,25,28)(H,26,27)(H,29,30)/t17-,18-,19+,20-/m0/s1. The third-order valence-electron chi connectivity index (χ3n) is 6.43. The minimum atomic E-state index is -0.989. The Morgan fingerprint density at radius 2 is 1.72 bits per heavy atom. The molecule has 0 aromatic heterocycles. The molecule has 0 aromatic carbocycles. The fourth-order valence-corrected chi connectivity index (χ4v) is 4.93. The average Bonchev–Trinajstić information content (AvgIpc) is 2.77. The van der Waals surface area contributed by atoms with Gasteiger partial charge in [-0.15, -0.1) is 0 Å². The quantitative estimate of drug-likeness (QED) is 0.225. The fourth-order valence-electron chi connectivity index (χ4n) is 4.29. The molecule has 9 heteroatoms. The molecule has 2 amide bonds. The summed E-state index contributed by atoms with van der Waals surface area (Å²) in [4.78, 5) is 37.1. The number of carboxylic acids is 1. The Balaban J connectivity index is 2.85. The molecular formula is C23H43N3O4S2. The van der Waals surface area contributed by atoms with Crippen LogP contribution < -0.4 is 16.4 Å². The van der Waals surface area contributed by atoms with Crippen LogP contribution in [-0.2, 0) is 14.4 Å². The molecule has 0 radical (unpaired) electrons. The van der Waals surface area contributed by atoms with E-state index in [-0.39, 0.29) is 35.4 Å². The number of aliphatic carboxylic acids is 1. The van der Waals surface area contributed by atoms with Gasteiger partial charge in [0, 0.05) is 17.7 Å². The number of hydrogen-bond acceptors (Lipinski definition) is 6. The molecule has 0 unspecified atom stereocenters. The first-order valence-corrected chi connectivity index (χ1v) is 13.9. The van der Waals surface area contributed by atoms with E-state index in [0.717, 1.165) is 19.3 Å². The van der Waals surface area contributed by atoms with Crippen LogP contribution in [0.5, 0.6) is 0 Å². The lowest BCUT2D eigenvalue weighted by Crippen LogP contribution is -2.48. The molecule has 5 N–H and O–H groups in total. The Hall–Kier alpha value is -0.930. The highest BCUT2D eigenvalue weighted by Crippen LogP contribution is 2.31. The second-order valence-corrected chi connectivity index (χ2v) is 10.7. The Bertz CT molecular complexity index is 586. The predicted molar refractivity (Wildman–Crippen MR) is 135 cm³/mol. The third-order valence-corrected chi connectivity index (χ3v) is 7.47. The molecule has 1 rings (SSSR count). The molecule has 0 bridgehead atoms. The van der Waals surface area contributed by atoms with Gasteiger partial charge < -0.3 is 21.5 Å². The summed E-state index contributed by atoms with van der Waals surface area (Å²) in [6, 6.07) is -1.62. The first-order valence-electron chi connectivity index (χ1n) is 11.9. The molecule has 186 valence electrons. The second-order valence-electron chi connectivity index (χ2n) is 9.34. The van der Waals surface area contributed by atoms with Gasteiger partial charge in [-0.1, -0.05) is 46.0 Å². The van der Waals surface area contributed by atoms with Crippen LogP contribution in [0, 0.1) is 17.8 Å². The summed E-state index contributed by atoms with van der Waals surface area (Å²) in [5.74, 6) is -0.00727. The highest BCUT2D eigenvalue weighted by atomic mass is 32.2. The summed E-state index contributed by atoms with van der Waals surface area (Å²) in [5, 5.41) is 15.3. The Morgan fingerprint density at radius 3 is 2.25 bits per heavy atom. The lowest BCUT2D eigenvalue weighted by molar-refractivity contribution is -0.142. The predicted octanol–water partition coefficient (Wildman–Crippen LogP) is 3.07. The normalized spacial score (nSPS) is 18.6. The van der Waals surface area contributed by atoms with Gasteiger partial charge in [0.15, 0.2) is 0 Å². The lowest BCUT2D eigenvalue weighted by Gasteiger charge is -2.29. The van der Waals surface area contributed by atoms with Crippen LogP contribution in [0.25, 0.3) is 0 Å². The van der Waals surface area contributed by atoms with Crippen molar-refractivity contribution in [1.29, 1.82) is 0 Å². The number of thiol groups is 1. The number of carboxylic acid groups (broad SMARTS) is 1. The first-order chi connectivity index (χ1) is 15.2. The van der Waals surface area contributed by atoms with Gasteiger partial charge >= 0.3 is 5.97 Å². The summed E-state index contributed by atoms with van der Waals surface area (Å²) in [6.07, 6.45) is 10.2. The van der Waals surface area contributed by atoms with Crippen LogP contribution in [0.4, 0.5) is 0 Å². The van der Waals surface area contributed by atoms with Crippen LogP contribution in [0.3, 0.4) is 0 Å². The zero-order valence-electron chi connectivity index (χ0n) is 19.8.